The van der Waals surface area contributed by atoms with Gasteiger partial charge in [-0.2, -0.15) is 0 Å². The summed E-state index contributed by atoms with van der Waals surface area (Å²) in [6, 6.07) is 5.07. The van der Waals surface area contributed by atoms with Gasteiger partial charge < -0.3 is 19.1 Å². The summed E-state index contributed by atoms with van der Waals surface area (Å²) in [5.41, 5.74) is 0.608. The molecule has 0 amide bonds. The monoisotopic (exact) mass is 243 g/mol. The van der Waals surface area contributed by atoms with E-state index < -0.39 is 6.29 Å². The molecule has 5 nitrogen and oxygen atoms in total. The lowest BCUT2D eigenvalue weighted by molar-refractivity contribution is -0.0770. The van der Waals surface area contributed by atoms with Gasteiger partial charge in [-0.1, -0.05) is 0 Å². The number of nitrogens with zero attached hydrogens (tertiary/aromatic N) is 1. The molecule has 1 atom stereocenters. The van der Waals surface area contributed by atoms with E-state index in [9.17, 15) is 5.11 Å². The van der Waals surface area contributed by atoms with E-state index in [1.807, 2.05) is 0 Å². The quantitative estimate of drug-likeness (QED) is 0.637. The second kappa shape index (κ2) is 6.43. The van der Waals surface area contributed by atoms with Crippen LogP contribution in [-0.4, -0.2) is 26.4 Å². The van der Waals surface area contributed by atoms with Crippen molar-refractivity contribution in [2.24, 2.45) is 4.74 Å². The average molecular weight is 243 g/mol. The molecule has 1 aromatic rings. The molecule has 0 heterocycles. The Kier molecular flexibility index (Phi) is 5.19. The Balaban J connectivity index is 2.96. The zero-order valence-electron chi connectivity index (χ0n) is 9.38. The van der Waals surface area contributed by atoms with Crippen LogP contribution in [0.4, 0.5) is 0 Å². The van der Waals surface area contributed by atoms with E-state index in [4.69, 9.17) is 14.0 Å². The summed E-state index contributed by atoms with van der Waals surface area (Å²) in [4.78, 5) is 0. The first-order valence-corrected chi connectivity index (χ1v) is 5.34. The molecule has 0 aliphatic carbocycles. The summed E-state index contributed by atoms with van der Waals surface area (Å²) in [6.45, 7) is 0. The van der Waals surface area contributed by atoms with E-state index in [0.29, 0.717) is 25.7 Å². The van der Waals surface area contributed by atoms with Crippen molar-refractivity contribution in [2.75, 3.05) is 21.3 Å². The molecule has 0 saturated heterocycles. The van der Waals surface area contributed by atoms with Gasteiger partial charge in [0.2, 0.25) is 8.60 Å². The largest absolute Gasteiger partial charge is 0.493 e. The lowest BCUT2D eigenvalue weighted by Crippen LogP contribution is -2.00. The van der Waals surface area contributed by atoms with Gasteiger partial charge in [0.25, 0.3) is 0 Å². The fourth-order valence-electron chi connectivity index (χ4n) is 1.13. The van der Waals surface area contributed by atoms with Gasteiger partial charge in [-0.15, -0.1) is 0 Å². The van der Waals surface area contributed by atoms with E-state index in [-0.39, 0.29) is 0 Å². The van der Waals surface area contributed by atoms with Gasteiger partial charge in [0.15, 0.2) is 17.8 Å². The summed E-state index contributed by atoms with van der Waals surface area (Å²) < 4.78 is 19.0. The Hall–Kier alpha value is -1.16. The number of hydrogen-bond acceptors (Lipinski definition) is 5. The van der Waals surface area contributed by atoms with Crippen LogP contribution in [0.5, 0.6) is 11.5 Å². The molecule has 0 aliphatic rings. The minimum atomic E-state index is -0.962. The normalized spacial score (nSPS) is 12.8. The molecule has 1 N–H and O–H groups in total. The maximum Gasteiger partial charge on any atom is 0.241 e. The first-order valence-electron chi connectivity index (χ1n) is 4.58. The van der Waals surface area contributed by atoms with Gasteiger partial charge in [0.1, 0.15) is 0 Å². The fourth-order valence-corrected chi connectivity index (χ4v) is 1.45. The summed E-state index contributed by atoms with van der Waals surface area (Å²) in [5.74, 6) is 1.10. The molecule has 1 rings (SSSR count). The number of ether oxygens (including phenoxy) is 2. The standard InChI is InChI=1S/C10H14NO4P/c1-11-16-15-8-5-4-7(10(12)14-3)6-9(8)13-2/h4-6,10,12H,1-3H3. The summed E-state index contributed by atoms with van der Waals surface area (Å²) in [7, 11) is 5.11. The second-order valence-electron chi connectivity index (χ2n) is 2.87. The van der Waals surface area contributed by atoms with Crippen LogP contribution in [0.1, 0.15) is 11.9 Å². The van der Waals surface area contributed by atoms with E-state index in [1.165, 1.54) is 14.2 Å². The van der Waals surface area contributed by atoms with Crippen LogP contribution in [0.3, 0.4) is 0 Å². The highest BCUT2D eigenvalue weighted by molar-refractivity contribution is 7.21. The first-order chi connectivity index (χ1) is 7.72. The molecule has 0 bridgehead atoms. The second-order valence-corrected chi connectivity index (χ2v) is 3.62. The van der Waals surface area contributed by atoms with Crippen LogP contribution >= 0.6 is 8.60 Å². The van der Waals surface area contributed by atoms with E-state index >= 15 is 0 Å². The van der Waals surface area contributed by atoms with Crippen molar-refractivity contribution < 1.29 is 19.1 Å². The number of aliphatic hydroxyl groups excluding tert-OH is 1. The molecule has 0 fully saturated rings. The maximum absolute atomic E-state index is 9.48. The molecule has 0 radical (unpaired) electrons. The zero-order chi connectivity index (χ0) is 12.0. The SMILES string of the molecule is CN=POc1ccc(C(O)OC)cc1OC. The Morgan fingerprint density at radius 3 is 2.62 bits per heavy atom. The molecule has 0 saturated carbocycles. The molecule has 0 aromatic heterocycles. The van der Waals surface area contributed by atoms with Crippen LogP contribution < -0.4 is 9.26 Å². The van der Waals surface area contributed by atoms with E-state index in [0.717, 1.165) is 0 Å². The molecule has 88 valence electrons. The Morgan fingerprint density at radius 1 is 1.31 bits per heavy atom. The highest BCUT2D eigenvalue weighted by atomic mass is 31.1. The van der Waals surface area contributed by atoms with Crippen LogP contribution in [-0.2, 0) is 4.74 Å². The summed E-state index contributed by atoms with van der Waals surface area (Å²) >= 11 is 0. The number of rotatable bonds is 5. The maximum atomic E-state index is 9.48. The molecular weight excluding hydrogens is 229 g/mol. The highest BCUT2D eigenvalue weighted by Crippen LogP contribution is 2.32. The number of hydrogen-bond donors (Lipinski definition) is 1. The van der Waals surface area contributed by atoms with Crippen molar-refractivity contribution in [2.45, 2.75) is 6.29 Å². The summed E-state index contributed by atoms with van der Waals surface area (Å²) in [5, 5.41) is 9.48. The van der Waals surface area contributed by atoms with Crippen molar-refractivity contribution in [3.05, 3.63) is 23.8 Å². The highest BCUT2D eigenvalue weighted by Gasteiger charge is 2.10. The van der Waals surface area contributed by atoms with E-state index in [1.54, 1.807) is 25.2 Å². The third-order valence-electron chi connectivity index (χ3n) is 1.92. The van der Waals surface area contributed by atoms with Crippen LogP contribution in [0.2, 0.25) is 0 Å². The topological polar surface area (TPSA) is 60.3 Å². The first kappa shape index (κ1) is 12.9. The van der Waals surface area contributed by atoms with Crippen molar-refractivity contribution in [3.63, 3.8) is 0 Å². The average Bonchev–Trinajstić information content (AvgIpc) is 2.35. The van der Waals surface area contributed by atoms with Gasteiger partial charge in [0, 0.05) is 19.7 Å². The third kappa shape index (κ3) is 3.17. The van der Waals surface area contributed by atoms with Crippen molar-refractivity contribution in [1.29, 1.82) is 0 Å². The molecule has 1 aromatic carbocycles. The minimum absolute atomic E-state index is 0.498. The molecule has 1 unspecified atom stereocenters. The predicted octanol–water partition coefficient (Wildman–Crippen LogP) is 2.39. The lowest BCUT2D eigenvalue weighted by Gasteiger charge is -2.12. The van der Waals surface area contributed by atoms with Gasteiger partial charge in [0.05, 0.1) is 7.11 Å². The van der Waals surface area contributed by atoms with Crippen LogP contribution in [0.15, 0.2) is 22.9 Å². The lowest BCUT2D eigenvalue weighted by atomic mass is 10.2. The van der Waals surface area contributed by atoms with Crippen molar-refractivity contribution in [1.82, 2.24) is 0 Å². The zero-order valence-corrected chi connectivity index (χ0v) is 10.3. The van der Waals surface area contributed by atoms with E-state index in [2.05, 4.69) is 4.74 Å². The molecular formula is C10H14NO4P. The van der Waals surface area contributed by atoms with Gasteiger partial charge >= 0.3 is 0 Å². The Morgan fingerprint density at radius 2 is 2.06 bits per heavy atom. The minimum Gasteiger partial charge on any atom is -0.493 e. The smallest absolute Gasteiger partial charge is 0.241 e. The van der Waals surface area contributed by atoms with Crippen LogP contribution in [0, 0.1) is 0 Å². The molecule has 0 spiro atoms. The molecule has 16 heavy (non-hydrogen) atoms. The van der Waals surface area contributed by atoms with Gasteiger partial charge in [-0.25, -0.2) is 4.74 Å². The predicted molar refractivity (Wildman–Crippen MR) is 60.9 cm³/mol. The van der Waals surface area contributed by atoms with Gasteiger partial charge in [-0.05, 0) is 18.2 Å². The van der Waals surface area contributed by atoms with Crippen LogP contribution in [0.25, 0.3) is 0 Å². The Labute approximate surface area is 95.9 Å². The summed E-state index contributed by atoms with van der Waals surface area (Å²) in [6.07, 6.45) is -0.962. The van der Waals surface area contributed by atoms with Crippen molar-refractivity contribution in [3.8, 4) is 11.5 Å². The molecule has 6 heteroatoms. The van der Waals surface area contributed by atoms with Crippen molar-refractivity contribution >= 4 is 8.60 Å². The third-order valence-corrected chi connectivity index (χ3v) is 2.36. The molecule has 0 aliphatic heterocycles. The number of methoxy groups -OCH3 is 2. The number of benzene rings is 1. The Bertz CT molecular complexity index is 370. The van der Waals surface area contributed by atoms with Gasteiger partial charge in [-0.3, -0.25) is 0 Å². The number of aliphatic hydroxyl groups is 1. The fraction of sp³-hybridized carbons (Fsp3) is 0.400.